The highest BCUT2D eigenvalue weighted by Gasteiger charge is 2.65. The molecular weight excluding hydrogens is 300 g/mol. The Hall–Kier alpha value is -0.120. The smallest absolute Gasteiger partial charge is 0.0958 e. The molecule has 4 rings (SSSR count). The van der Waals surface area contributed by atoms with Crippen LogP contribution < -0.4 is 0 Å². The molecule has 0 aliphatic heterocycles. The summed E-state index contributed by atoms with van der Waals surface area (Å²) in [6.45, 7) is 6.53. The molecule has 4 aliphatic rings. The van der Waals surface area contributed by atoms with Gasteiger partial charge in [-0.05, 0) is 93.8 Å². The summed E-state index contributed by atoms with van der Waals surface area (Å²) in [6.07, 6.45) is 8.99. The molecule has 0 aromatic heterocycles. The first-order valence-electron chi connectivity index (χ1n) is 10.3. The first-order chi connectivity index (χ1) is 11.2. The van der Waals surface area contributed by atoms with Crippen molar-refractivity contribution in [3.63, 3.8) is 0 Å². The summed E-state index contributed by atoms with van der Waals surface area (Å²) in [5, 5.41) is 31.7. The molecule has 0 heterocycles. The summed E-state index contributed by atoms with van der Waals surface area (Å²) in [5.74, 6) is 2.69. The van der Waals surface area contributed by atoms with Crippen LogP contribution in [0.4, 0.5) is 0 Å². The van der Waals surface area contributed by atoms with Gasteiger partial charge in [-0.2, -0.15) is 0 Å². The molecule has 4 aliphatic carbocycles. The quantitative estimate of drug-likeness (QED) is 0.687. The normalized spacial score (nSPS) is 58.5. The van der Waals surface area contributed by atoms with Gasteiger partial charge in [-0.3, -0.25) is 0 Å². The van der Waals surface area contributed by atoms with Gasteiger partial charge in [0.1, 0.15) is 0 Å². The summed E-state index contributed by atoms with van der Waals surface area (Å²) in [7, 11) is 0. The molecule has 24 heavy (non-hydrogen) atoms. The highest BCUT2D eigenvalue weighted by molar-refractivity contribution is 5.15. The largest absolute Gasteiger partial charge is 0.393 e. The van der Waals surface area contributed by atoms with Gasteiger partial charge in [0, 0.05) is 5.41 Å². The maximum atomic E-state index is 11.3. The lowest BCUT2D eigenvalue weighted by Gasteiger charge is -2.61. The molecule has 4 fully saturated rings. The monoisotopic (exact) mass is 336 g/mol. The molecule has 3 heteroatoms. The second-order valence-electron chi connectivity index (χ2n) is 10.2. The van der Waals surface area contributed by atoms with E-state index < -0.39 is 11.7 Å². The lowest BCUT2D eigenvalue weighted by Crippen LogP contribution is -2.59. The van der Waals surface area contributed by atoms with Crippen molar-refractivity contribution >= 4 is 0 Å². The Morgan fingerprint density at radius 2 is 1.62 bits per heavy atom. The molecule has 0 saturated heterocycles. The van der Waals surface area contributed by atoms with Crippen molar-refractivity contribution in [3.05, 3.63) is 0 Å². The predicted molar refractivity (Wildman–Crippen MR) is 94.4 cm³/mol. The van der Waals surface area contributed by atoms with Gasteiger partial charge in [0.25, 0.3) is 0 Å². The zero-order valence-electron chi connectivity index (χ0n) is 15.7. The number of rotatable bonds is 1. The lowest BCUT2D eigenvalue weighted by molar-refractivity contribution is -0.186. The first-order valence-corrected chi connectivity index (χ1v) is 10.3. The van der Waals surface area contributed by atoms with E-state index in [9.17, 15) is 15.3 Å². The van der Waals surface area contributed by atoms with E-state index in [1.54, 1.807) is 6.92 Å². The van der Waals surface area contributed by atoms with Crippen LogP contribution in [0.25, 0.3) is 0 Å². The van der Waals surface area contributed by atoms with Gasteiger partial charge in [-0.15, -0.1) is 0 Å². The minimum Gasteiger partial charge on any atom is -0.393 e. The van der Waals surface area contributed by atoms with Gasteiger partial charge in [-0.25, -0.2) is 0 Å². The summed E-state index contributed by atoms with van der Waals surface area (Å²) < 4.78 is 0. The Kier molecular flexibility index (Phi) is 3.92. The molecule has 0 spiro atoms. The molecule has 9 atom stereocenters. The summed E-state index contributed by atoms with van der Waals surface area (Å²) in [5.41, 5.74) is -0.641. The van der Waals surface area contributed by atoms with Crippen LogP contribution >= 0.6 is 0 Å². The average molecular weight is 337 g/mol. The second-order valence-corrected chi connectivity index (χ2v) is 10.2. The van der Waals surface area contributed by atoms with E-state index in [1.807, 2.05) is 0 Å². The number of fused-ring (bicyclic) bond motifs is 5. The molecule has 138 valence electrons. The van der Waals surface area contributed by atoms with Gasteiger partial charge in [0.15, 0.2) is 0 Å². The van der Waals surface area contributed by atoms with Crippen LogP contribution in [0.2, 0.25) is 0 Å². The van der Waals surface area contributed by atoms with Crippen LogP contribution in [0.3, 0.4) is 0 Å². The second kappa shape index (κ2) is 5.44. The third-order valence-electron chi connectivity index (χ3n) is 9.54. The molecule has 0 aromatic rings. The molecule has 0 amide bonds. The fraction of sp³-hybridized carbons (Fsp3) is 1.00. The molecule has 0 aromatic carbocycles. The van der Waals surface area contributed by atoms with Crippen molar-refractivity contribution in [3.8, 4) is 0 Å². The Morgan fingerprint density at radius 3 is 2.33 bits per heavy atom. The van der Waals surface area contributed by atoms with Gasteiger partial charge >= 0.3 is 0 Å². The Labute approximate surface area is 146 Å². The highest BCUT2D eigenvalue weighted by atomic mass is 16.3. The molecular formula is C21H36O3. The van der Waals surface area contributed by atoms with E-state index in [0.29, 0.717) is 23.2 Å². The van der Waals surface area contributed by atoms with E-state index in [1.165, 1.54) is 25.7 Å². The van der Waals surface area contributed by atoms with Crippen molar-refractivity contribution in [1.82, 2.24) is 0 Å². The topological polar surface area (TPSA) is 60.7 Å². The SMILES string of the molecule is C[C@@H](O)[C@@]1(O)CC[C@@H]2[C@@H]3CC[C@H]4C[C@@H](O)CC[C@]4(C)[C@H]3CC[C@@]21C. The fourth-order valence-electron chi connectivity index (χ4n) is 7.97. The third kappa shape index (κ3) is 2.07. The lowest BCUT2D eigenvalue weighted by atomic mass is 9.44. The van der Waals surface area contributed by atoms with Gasteiger partial charge < -0.3 is 15.3 Å². The number of aliphatic hydroxyl groups excluding tert-OH is 2. The van der Waals surface area contributed by atoms with E-state index in [2.05, 4.69) is 13.8 Å². The summed E-state index contributed by atoms with van der Waals surface area (Å²) in [4.78, 5) is 0. The molecule has 3 N–H and O–H groups in total. The summed E-state index contributed by atoms with van der Waals surface area (Å²) in [6, 6.07) is 0. The maximum absolute atomic E-state index is 11.3. The average Bonchev–Trinajstić information content (AvgIpc) is 2.81. The minimum absolute atomic E-state index is 0.0831. The van der Waals surface area contributed by atoms with Gasteiger partial charge in [0.2, 0.25) is 0 Å². The minimum atomic E-state index is -0.900. The number of hydrogen-bond acceptors (Lipinski definition) is 3. The molecule has 0 bridgehead atoms. The molecule has 3 nitrogen and oxygen atoms in total. The van der Waals surface area contributed by atoms with Crippen LogP contribution in [0, 0.1) is 34.5 Å². The van der Waals surface area contributed by atoms with Crippen LogP contribution in [0.1, 0.15) is 78.6 Å². The van der Waals surface area contributed by atoms with Crippen LogP contribution in [0.15, 0.2) is 0 Å². The van der Waals surface area contributed by atoms with E-state index in [-0.39, 0.29) is 11.5 Å². The number of aliphatic hydroxyl groups is 3. The van der Waals surface area contributed by atoms with Crippen LogP contribution in [0.5, 0.6) is 0 Å². The van der Waals surface area contributed by atoms with Gasteiger partial charge in [0.05, 0.1) is 17.8 Å². The van der Waals surface area contributed by atoms with Gasteiger partial charge in [-0.1, -0.05) is 13.8 Å². The Bertz CT molecular complexity index is 505. The van der Waals surface area contributed by atoms with E-state index in [4.69, 9.17) is 0 Å². The summed E-state index contributed by atoms with van der Waals surface area (Å²) >= 11 is 0. The standard InChI is InChI=1S/C21H36O3/c1-13(22)21(24)11-8-18-16-5-4-14-12-15(23)6-9-19(14,2)17(16)7-10-20(18,21)3/h13-18,22-24H,4-12H2,1-3H3/t13-,14+,15+,16-,17+,18-,19+,20+,21+/m1/s1. The van der Waals surface area contributed by atoms with Crippen molar-refractivity contribution in [2.75, 3.05) is 0 Å². The van der Waals surface area contributed by atoms with Crippen molar-refractivity contribution in [2.45, 2.75) is 96.4 Å². The first kappa shape index (κ1) is 17.3. The maximum Gasteiger partial charge on any atom is 0.0958 e. The Morgan fingerprint density at radius 1 is 0.917 bits per heavy atom. The van der Waals surface area contributed by atoms with Crippen molar-refractivity contribution in [1.29, 1.82) is 0 Å². The third-order valence-corrected chi connectivity index (χ3v) is 9.54. The Balaban J connectivity index is 1.63. The predicted octanol–water partition coefficient (Wildman–Crippen LogP) is 3.50. The van der Waals surface area contributed by atoms with E-state index in [0.717, 1.165) is 38.0 Å². The van der Waals surface area contributed by atoms with Crippen LogP contribution in [-0.2, 0) is 0 Å². The van der Waals surface area contributed by atoms with Crippen molar-refractivity contribution < 1.29 is 15.3 Å². The molecule has 4 saturated carbocycles. The highest BCUT2D eigenvalue weighted by Crippen LogP contribution is 2.68. The van der Waals surface area contributed by atoms with Crippen LogP contribution in [-0.4, -0.2) is 33.1 Å². The van der Waals surface area contributed by atoms with E-state index >= 15 is 0 Å². The number of hydrogen-bond donors (Lipinski definition) is 3. The van der Waals surface area contributed by atoms with Crippen molar-refractivity contribution in [2.24, 2.45) is 34.5 Å². The fourth-order valence-corrected chi connectivity index (χ4v) is 7.97. The zero-order valence-corrected chi connectivity index (χ0v) is 15.7. The molecule has 0 unspecified atom stereocenters. The zero-order chi connectivity index (χ0) is 17.3. The molecule has 0 radical (unpaired) electrons.